The number of aldehydes is 1. The van der Waals surface area contributed by atoms with Crippen LogP contribution < -0.4 is 5.73 Å². The van der Waals surface area contributed by atoms with Crippen molar-refractivity contribution < 1.29 is 4.79 Å². The van der Waals surface area contributed by atoms with Crippen molar-refractivity contribution in [2.75, 3.05) is 0 Å². The number of hydrogen-bond donors (Lipinski definition) is 1. The van der Waals surface area contributed by atoms with Gasteiger partial charge < -0.3 is 10.5 Å². The van der Waals surface area contributed by atoms with Gasteiger partial charge in [0, 0.05) is 0 Å². The molecule has 0 unspecified atom stereocenters. The zero-order valence-electron chi connectivity index (χ0n) is 5.26. The van der Waals surface area contributed by atoms with Crippen molar-refractivity contribution in [1.82, 2.24) is 0 Å². The van der Waals surface area contributed by atoms with E-state index in [1.54, 1.807) is 0 Å². The van der Waals surface area contributed by atoms with E-state index in [0.29, 0.717) is 0 Å². The number of rotatable bonds is 4. The molecule has 0 aromatic rings. The highest BCUT2D eigenvalue weighted by atomic mass is 16.1. The van der Waals surface area contributed by atoms with Gasteiger partial charge >= 0.3 is 0 Å². The van der Waals surface area contributed by atoms with Gasteiger partial charge in [0.1, 0.15) is 6.29 Å². The van der Waals surface area contributed by atoms with Gasteiger partial charge in [-0.1, -0.05) is 19.8 Å². The van der Waals surface area contributed by atoms with Gasteiger partial charge in [0.25, 0.3) is 0 Å². The normalized spacial score (nSPS) is 13.2. The second-order valence-electron chi connectivity index (χ2n) is 1.94. The van der Waals surface area contributed by atoms with Gasteiger partial charge in [-0.05, 0) is 6.42 Å². The molecule has 2 N–H and O–H groups in total. The molecule has 0 heterocycles. The van der Waals surface area contributed by atoms with Crippen molar-refractivity contribution >= 4 is 6.29 Å². The van der Waals surface area contributed by atoms with Gasteiger partial charge in [-0.25, -0.2) is 0 Å². The fourth-order valence-electron chi connectivity index (χ4n) is 0.508. The summed E-state index contributed by atoms with van der Waals surface area (Å²) in [5, 5.41) is 0. The summed E-state index contributed by atoms with van der Waals surface area (Å²) in [4.78, 5) is 9.89. The molecule has 48 valence electrons. The highest BCUT2D eigenvalue weighted by molar-refractivity contribution is 5.56. The Bertz CT molecular complexity index is 63.5. The summed E-state index contributed by atoms with van der Waals surface area (Å²) in [5.74, 6) is 0. The molecule has 0 rings (SSSR count). The SMILES string of the molecule is CCCC[C@@H](N)C=O. The summed E-state index contributed by atoms with van der Waals surface area (Å²) in [7, 11) is 0. The Kier molecular flexibility index (Phi) is 4.56. The van der Waals surface area contributed by atoms with E-state index >= 15 is 0 Å². The predicted molar refractivity (Wildman–Crippen MR) is 33.6 cm³/mol. The molecule has 0 radical (unpaired) electrons. The summed E-state index contributed by atoms with van der Waals surface area (Å²) in [6.45, 7) is 2.08. The number of nitrogens with two attached hydrogens (primary N) is 1. The van der Waals surface area contributed by atoms with Crippen LogP contribution in [0.25, 0.3) is 0 Å². The van der Waals surface area contributed by atoms with Crippen molar-refractivity contribution in [3.05, 3.63) is 0 Å². The first kappa shape index (κ1) is 7.63. The van der Waals surface area contributed by atoms with E-state index in [2.05, 4.69) is 6.92 Å². The van der Waals surface area contributed by atoms with E-state index in [0.717, 1.165) is 25.5 Å². The smallest absolute Gasteiger partial charge is 0.136 e. The maximum Gasteiger partial charge on any atom is 0.136 e. The molecule has 0 aromatic carbocycles. The Morgan fingerprint density at radius 2 is 2.38 bits per heavy atom. The van der Waals surface area contributed by atoms with Crippen LogP contribution in [-0.4, -0.2) is 12.3 Å². The molecule has 0 amide bonds. The lowest BCUT2D eigenvalue weighted by atomic mass is 10.1. The van der Waals surface area contributed by atoms with E-state index in [9.17, 15) is 4.79 Å². The Morgan fingerprint density at radius 3 is 2.75 bits per heavy atom. The topological polar surface area (TPSA) is 43.1 Å². The molecule has 1 atom stereocenters. The van der Waals surface area contributed by atoms with E-state index in [-0.39, 0.29) is 6.04 Å². The van der Waals surface area contributed by atoms with E-state index in [1.807, 2.05) is 0 Å². The number of hydrogen-bond acceptors (Lipinski definition) is 2. The van der Waals surface area contributed by atoms with Gasteiger partial charge in [-0.2, -0.15) is 0 Å². The minimum atomic E-state index is -0.227. The van der Waals surface area contributed by atoms with E-state index < -0.39 is 0 Å². The highest BCUT2D eigenvalue weighted by Gasteiger charge is 1.95. The van der Waals surface area contributed by atoms with Crippen LogP contribution in [0.15, 0.2) is 0 Å². The molecule has 8 heavy (non-hydrogen) atoms. The third-order valence-corrected chi connectivity index (χ3v) is 1.07. The number of carbonyl (C=O) groups is 1. The van der Waals surface area contributed by atoms with Crippen LogP contribution >= 0.6 is 0 Å². The Labute approximate surface area is 50.1 Å². The molecule has 0 saturated carbocycles. The zero-order chi connectivity index (χ0) is 6.41. The number of carbonyl (C=O) groups excluding carboxylic acids is 1. The molecular formula is C6H13NO. The van der Waals surface area contributed by atoms with Crippen LogP contribution in [0.4, 0.5) is 0 Å². The molecule has 2 nitrogen and oxygen atoms in total. The van der Waals surface area contributed by atoms with Crippen molar-refractivity contribution in [2.24, 2.45) is 5.73 Å². The monoisotopic (exact) mass is 115 g/mol. The minimum absolute atomic E-state index is 0.227. The molecule has 0 fully saturated rings. The van der Waals surface area contributed by atoms with E-state index in [1.165, 1.54) is 0 Å². The largest absolute Gasteiger partial charge is 0.322 e. The Balaban J connectivity index is 2.98. The lowest BCUT2D eigenvalue weighted by molar-refractivity contribution is -0.109. The standard InChI is InChI=1S/C6H13NO/c1-2-3-4-6(7)5-8/h5-6H,2-4,7H2,1H3/t6-/m1/s1. The molecule has 0 aliphatic rings. The maximum atomic E-state index is 9.89. The fraction of sp³-hybridized carbons (Fsp3) is 0.833. The third-order valence-electron chi connectivity index (χ3n) is 1.07. The third kappa shape index (κ3) is 3.81. The van der Waals surface area contributed by atoms with Crippen molar-refractivity contribution in [2.45, 2.75) is 32.2 Å². The van der Waals surface area contributed by atoms with Crippen molar-refractivity contribution in [1.29, 1.82) is 0 Å². The van der Waals surface area contributed by atoms with Gasteiger partial charge in [-0.15, -0.1) is 0 Å². The quantitative estimate of drug-likeness (QED) is 0.548. The maximum absolute atomic E-state index is 9.89. The fourth-order valence-corrected chi connectivity index (χ4v) is 0.508. The first-order valence-corrected chi connectivity index (χ1v) is 3.02. The van der Waals surface area contributed by atoms with E-state index in [4.69, 9.17) is 5.73 Å². The van der Waals surface area contributed by atoms with Gasteiger partial charge in [0.2, 0.25) is 0 Å². The lowest BCUT2D eigenvalue weighted by Crippen LogP contribution is -2.20. The minimum Gasteiger partial charge on any atom is -0.322 e. The molecule has 0 spiro atoms. The Morgan fingerprint density at radius 1 is 1.75 bits per heavy atom. The molecule has 0 bridgehead atoms. The van der Waals surface area contributed by atoms with Crippen molar-refractivity contribution in [3.63, 3.8) is 0 Å². The van der Waals surface area contributed by atoms with Gasteiger partial charge in [0.05, 0.1) is 6.04 Å². The average Bonchev–Trinajstić information content (AvgIpc) is 1.83. The summed E-state index contributed by atoms with van der Waals surface area (Å²) in [6.07, 6.45) is 3.80. The van der Waals surface area contributed by atoms with Crippen LogP contribution in [0.5, 0.6) is 0 Å². The number of unbranched alkanes of at least 4 members (excludes halogenated alkanes) is 1. The zero-order valence-corrected chi connectivity index (χ0v) is 5.26. The molecule has 2 heteroatoms. The second-order valence-corrected chi connectivity index (χ2v) is 1.94. The average molecular weight is 115 g/mol. The molecule has 0 aliphatic carbocycles. The highest BCUT2D eigenvalue weighted by Crippen LogP contribution is 1.94. The summed E-state index contributed by atoms with van der Waals surface area (Å²) >= 11 is 0. The Hall–Kier alpha value is -0.370. The van der Waals surface area contributed by atoms with Gasteiger partial charge in [-0.3, -0.25) is 0 Å². The summed E-state index contributed by atoms with van der Waals surface area (Å²) < 4.78 is 0. The molecule has 0 saturated heterocycles. The molecule has 0 aromatic heterocycles. The molecular weight excluding hydrogens is 102 g/mol. The van der Waals surface area contributed by atoms with Crippen LogP contribution in [-0.2, 0) is 4.79 Å². The van der Waals surface area contributed by atoms with Crippen molar-refractivity contribution in [3.8, 4) is 0 Å². The lowest BCUT2D eigenvalue weighted by Gasteiger charge is -1.98. The van der Waals surface area contributed by atoms with Gasteiger partial charge in [0.15, 0.2) is 0 Å². The second kappa shape index (κ2) is 4.78. The van der Waals surface area contributed by atoms with Crippen LogP contribution in [0.2, 0.25) is 0 Å². The summed E-state index contributed by atoms with van der Waals surface area (Å²) in [6, 6.07) is -0.227. The van der Waals surface area contributed by atoms with Crippen LogP contribution in [0.3, 0.4) is 0 Å². The van der Waals surface area contributed by atoms with Crippen LogP contribution in [0.1, 0.15) is 26.2 Å². The predicted octanol–water partition coefficient (Wildman–Crippen LogP) is 0.703. The first-order chi connectivity index (χ1) is 3.81. The first-order valence-electron chi connectivity index (χ1n) is 3.02. The van der Waals surface area contributed by atoms with Crippen LogP contribution in [0, 0.1) is 0 Å². The molecule has 0 aliphatic heterocycles. The summed E-state index contributed by atoms with van der Waals surface area (Å²) in [5.41, 5.74) is 5.29.